The molecule has 0 radical (unpaired) electrons. The molecule has 0 unspecified atom stereocenters. The summed E-state index contributed by atoms with van der Waals surface area (Å²) in [7, 11) is -2.74. The zero-order chi connectivity index (χ0) is 30.9. The van der Waals surface area contributed by atoms with Gasteiger partial charge in [0, 0.05) is 21.7 Å². The molecule has 4 rings (SSSR count). The summed E-state index contributed by atoms with van der Waals surface area (Å²) in [4.78, 5) is 0. The van der Waals surface area contributed by atoms with Crippen molar-refractivity contribution < 1.29 is 21.7 Å². The van der Waals surface area contributed by atoms with Crippen LogP contribution in [0.1, 0.15) is 158 Å². The fourth-order valence-electron chi connectivity index (χ4n) is 6.31. The minimum atomic E-state index is -2.74. The normalized spacial score (nSPS) is 12.8. The largest absolute Gasteiger partial charge is 0.273 e. The number of allylic oxidation sites excluding steroid dienone is 4. The predicted octanol–water partition coefficient (Wildman–Crippen LogP) is 11.4. The molecule has 46 heavy (non-hydrogen) atoms. The van der Waals surface area contributed by atoms with Gasteiger partial charge in [0.15, 0.2) is 0 Å². The van der Waals surface area contributed by atoms with Crippen LogP contribution in [0.15, 0.2) is 71.9 Å². The first-order valence-corrected chi connectivity index (χ1v) is 18.5. The Morgan fingerprint density at radius 3 is 0.848 bits per heavy atom. The Bertz CT molecular complexity index is 1250. The summed E-state index contributed by atoms with van der Waals surface area (Å²) < 4.78 is 0. The summed E-state index contributed by atoms with van der Waals surface area (Å²) in [6.07, 6.45) is 9.61. The number of rotatable bonds is 10. The Labute approximate surface area is 316 Å². The second-order valence-electron chi connectivity index (χ2n) is 14.5. The van der Waals surface area contributed by atoms with E-state index in [0.717, 1.165) is 6.42 Å². The van der Waals surface area contributed by atoms with Crippen LogP contribution in [0, 0.1) is 6.08 Å². The van der Waals surface area contributed by atoms with E-state index in [2.05, 4.69) is 156 Å². The van der Waals surface area contributed by atoms with Crippen molar-refractivity contribution in [3.63, 3.8) is 0 Å². The van der Waals surface area contributed by atoms with Crippen LogP contribution >= 0.6 is 37.2 Å². The average molecular weight is 733 g/mol. The molecule has 0 aromatic heterocycles. The van der Waals surface area contributed by atoms with Crippen LogP contribution in [-0.4, -0.2) is 8.07 Å². The smallest absolute Gasteiger partial charge is 0.144 e. The van der Waals surface area contributed by atoms with E-state index in [1.165, 1.54) is 54.1 Å². The second kappa shape index (κ2) is 18.6. The van der Waals surface area contributed by atoms with Gasteiger partial charge in [-0.3, -0.25) is 6.08 Å². The molecular weight excluding hydrogens is 675 g/mol. The SMILES string of the molecule is CC(C)c1cc(C(C)C)cc([Si](C2=[C-]CC=C2)(c2cc(C(C)C)cc(C(C)C)c2)c2cc(C(C)C)cc(C(C)C)c2)c1.Cl.Cl.Cl.[Ti]. The van der Waals surface area contributed by atoms with Crippen molar-refractivity contribution in [1.82, 2.24) is 0 Å². The van der Waals surface area contributed by atoms with E-state index in [1.54, 1.807) is 0 Å². The van der Waals surface area contributed by atoms with Gasteiger partial charge in [0.05, 0.1) is 0 Å². The van der Waals surface area contributed by atoms with Gasteiger partial charge in [0.25, 0.3) is 0 Å². The van der Waals surface area contributed by atoms with E-state index in [0.29, 0.717) is 35.5 Å². The maximum absolute atomic E-state index is 3.95. The predicted molar refractivity (Wildman–Crippen MR) is 211 cm³/mol. The number of benzene rings is 3. The topological polar surface area (TPSA) is 0 Å². The molecule has 0 bridgehead atoms. The average Bonchev–Trinajstić information content (AvgIpc) is 3.48. The minimum Gasteiger partial charge on any atom is -0.273 e. The van der Waals surface area contributed by atoms with Gasteiger partial charge in [-0.1, -0.05) is 138 Å². The summed E-state index contributed by atoms with van der Waals surface area (Å²) in [5, 5.41) is 5.96. The number of hydrogen-bond donors (Lipinski definition) is 0. The van der Waals surface area contributed by atoms with Crippen molar-refractivity contribution in [2.75, 3.05) is 0 Å². The van der Waals surface area contributed by atoms with E-state index in [-0.39, 0.29) is 58.9 Å². The van der Waals surface area contributed by atoms with Crippen LogP contribution in [0.4, 0.5) is 0 Å². The molecule has 0 atom stereocenters. The Morgan fingerprint density at radius 2 is 0.674 bits per heavy atom. The molecule has 3 aromatic rings. The first-order valence-electron chi connectivity index (χ1n) is 16.5. The van der Waals surface area contributed by atoms with Crippen LogP contribution in [-0.2, 0) is 21.7 Å². The first-order chi connectivity index (χ1) is 19.7. The standard InChI is InChI=1S/C41H55Si.3ClH.Ti/c1-26(2)32-17-33(27(3)4)21-39(20-32)42(38-15-13-14-16-38,40-22-34(28(5)6)18-35(23-40)29(7)8)41-24-36(30(9)10)19-37(25-41)31(11)12;;;;/h13,15,17-31H,14H2,1-12H3;3*1H;/q-1;;;;. The van der Waals surface area contributed by atoms with Crippen molar-refractivity contribution in [3.05, 3.63) is 111 Å². The Hall–Kier alpha value is -1.06. The van der Waals surface area contributed by atoms with Gasteiger partial charge in [0.1, 0.15) is 8.07 Å². The zero-order valence-electron chi connectivity index (χ0n) is 30.2. The maximum Gasteiger partial charge on any atom is 0.144 e. The molecule has 0 aliphatic heterocycles. The third kappa shape index (κ3) is 9.34. The van der Waals surface area contributed by atoms with Gasteiger partial charge in [0.2, 0.25) is 0 Å². The van der Waals surface area contributed by atoms with Crippen LogP contribution < -0.4 is 15.6 Å². The van der Waals surface area contributed by atoms with Crippen molar-refractivity contribution >= 4 is 60.9 Å². The van der Waals surface area contributed by atoms with Gasteiger partial charge in [-0.05, 0) is 84.4 Å². The number of halogens is 3. The van der Waals surface area contributed by atoms with Gasteiger partial charge < -0.3 is 0 Å². The molecule has 252 valence electrons. The molecule has 0 amide bonds. The monoisotopic (exact) mass is 731 g/mol. The fourth-order valence-corrected chi connectivity index (χ4v) is 11.3. The summed E-state index contributed by atoms with van der Waals surface area (Å²) in [5.74, 6) is 2.79. The Balaban J connectivity index is 0.00000506. The first kappa shape index (κ1) is 44.9. The zero-order valence-corrected chi connectivity index (χ0v) is 35.3. The molecule has 0 fully saturated rings. The van der Waals surface area contributed by atoms with E-state index < -0.39 is 8.07 Å². The second-order valence-corrected chi connectivity index (χ2v) is 18.3. The van der Waals surface area contributed by atoms with Crippen LogP contribution in [0.5, 0.6) is 0 Å². The Morgan fingerprint density at radius 1 is 0.435 bits per heavy atom. The summed E-state index contributed by atoms with van der Waals surface area (Å²) in [6.45, 7) is 28.2. The minimum absolute atomic E-state index is 0. The molecule has 0 saturated carbocycles. The molecule has 0 saturated heterocycles. The van der Waals surface area contributed by atoms with Crippen molar-refractivity contribution in [1.29, 1.82) is 0 Å². The van der Waals surface area contributed by atoms with Crippen molar-refractivity contribution in [2.24, 2.45) is 0 Å². The summed E-state index contributed by atoms with van der Waals surface area (Å²) in [5.41, 5.74) is 8.69. The molecule has 5 heteroatoms. The fraction of sp³-hybridized carbons (Fsp3) is 0.463. The van der Waals surface area contributed by atoms with E-state index in [9.17, 15) is 0 Å². The van der Waals surface area contributed by atoms with Gasteiger partial charge >= 0.3 is 0 Å². The van der Waals surface area contributed by atoms with Crippen molar-refractivity contribution in [3.8, 4) is 0 Å². The maximum atomic E-state index is 3.95. The third-order valence-corrected chi connectivity index (χ3v) is 13.9. The van der Waals surface area contributed by atoms with Crippen LogP contribution in [0.2, 0.25) is 0 Å². The van der Waals surface area contributed by atoms with E-state index in [1.807, 2.05) is 0 Å². The molecule has 3 aromatic carbocycles. The molecule has 0 heterocycles. The van der Waals surface area contributed by atoms with E-state index in [4.69, 9.17) is 0 Å². The molecule has 1 aliphatic rings. The molecule has 0 spiro atoms. The molecule has 1 aliphatic carbocycles. The molecule has 0 N–H and O–H groups in total. The number of hydrogen-bond acceptors (Lipinski definition) is 0. The quantitative estimate of drug-likeness (QED) is 0.111. The third-order valence-electron chi connectivity index (χ3n) is 9.33. The Kier molecular flexibility index (Phi) is 18.2. The molecular formula is C41H58Cl3SiTi-. The molecule has 0 nitrogen and oxygen atoms in total. The van der Waals surface area contributed by atoms with E-state index >= 15 is 0 Å². The van der Waals surface area contributed by atoms with Crippen LogP contribution in [0.25, 0.3) is 0 Å². The van der Waals surface area contributed by atoms with Gasteiger partial charge in [-0.15, -0.1) is 43.6 Å². The summed E-state index contributed by atoms with van der Waals surface area (Å²) >= 11 is 0. The van der Waals surface area contributed by atoms with Crippen LogP contribution in [0.3, 0.4) is 0 Å². The summed E-state index contributed by atoms with van der Waals surface area (Å²) in [6, 6.07) is 22.9. The van der Waals surface area contributed by atoms with Crippen molar-refractivity contribution in [2.45, 2.75) is 125 Å². The van der Waals surface area contributed by atoms with Gasteiger partial charge in [-0.25, -0.2) is 11.3 Å². The van der Waals surface area contributed by atoms with Gasteiger partial charge in [-0.2, -0.15) is 6.08 Å².